The van der Waals surface area contributed by atoms with E-state index < -0.39 is 0 Å². The number of halogens is 1. The third-order valence-corrected chi connectivity index (χ3v) is 4.40. The largest absolute Gasteiger partial charge is 0.394 e. The topological polar surface area (TPSA) is 43.7 Å². The Morgan fingerprint density at radius 3 is 2.94 bits per heavy atom. The van der Waals surface area contributed by atoms with Gasteiger partial charge < -0.3 is 10.2 Å². The zero-order chi connectivity index (χ0) is 11.8. The highest BCUT2D eigenvalue weighted by molar-refractivity contribution is 7.16. The van der Waals surface area contributed by atoms with E-state index in [1.807, 2.05) is 19.1 Å². The van der Waals surface area contributed by atoms with Crippen molar-refractivity contribution in [1.82, 2.24) is 4.90 Å². The lowest BCUT2D eigenvalue weighted by Crippen LogP contribution is -2.43. The summed E-state index contributed by atoms with van der Waals surface area (Å²) >= 11 is 7.43. The van der Waals surface area contributed by atoms with E-state index in [0.717, 1.165) is 10.9 Å². The summed E-state index contributed by atoms with van der Waals surface area (Å²) in [4.78, 5) is 3.29. The Morgan fingerprint density at radius 1 is 1.62 bits per heavy atom. The predicted molar refractivity (Wildman–Crippen MR) is 65.9 cm³/mol. The quantitative estimate of drug-likeness (QED) is 0.871. The summed E-state index contributed by atoms with van der Waals surface area (Å²) in [6.07, 6.45) is 0.287. The van der Waals surface area contributed by atoms with Crippen molar-refractivity contribution >= 4 is 22.9 Å². The van der Waals surface area contributed by atoms with Gasteiger partial charge >= 0.3 is 0 Å². The Bertz CT molecular complexity index is 371. The molecule has 2 atom stereocenters. The van der Waals surface area contributed by atoms with E-state index in [4.69, 9.17) is 11.6 Å². The van der Waals surface area contributed by atoms with Crippen LogP contribution in [-0.4, -0.2) is 39.9 Å². The number of likely N-dealkylation sites (tertiary alicyclic amines) is 1. The van der Waals surface area contributed by atoms with E-state index in [9.17, 15) is 10.2 Å². The Kier molecular flexibility index (Phi) is 3.56. The van der Waals surface area contributed by atoms with Crippen LogP contribution in [0.4, 0.5) is 0 Å². The van der Waals surface area contributed by atoms with Crippen molar-refractivity contribution < 1.29 is 10.2 Å². The predicted octanol–water partition coefficient (Wildman–Crippen LogP) is 1.72. The van der Waals surface area contributed by atoms with Crippen molar-refractivity contribution in [2.75, 3.05) is 13.2 Å². The number of aliphatic hydroxyl groups is 2. The average Bonchev–Trinajstić information content (AvgIpc) is 2.73. The fourth-order valence-corrected chi connectivity index (χ4v) is 3.32. The number of hydrogen-bond donors (Lipinski definition) is 2. The second-order valence-corrected chi connectivity index (χ2v) is 6.40. The first-order valence-electron chi connectivity index (χ1n) is 5.32. The van der Waals surface area contributed by atoms with Crippen LogP contribution in [0, 0.1) is 0 Å². The zero-order valence-electron chi connectivity index (χ0n) is 9.19. The molecular formula is C11H16ClNO2S. The van der Waals surface area contributed by atoms with Gasteiger partial charge in [0.2, 0.25) is 0 Å². The van der Waals surface area contributed by atoms with Crippen molar-refractivity contribution in [3.63, 3.8) is 0 Å². The van der Waals surface area contributed by atoms with E-state index in [-0.39, 0.29) is 18.2 Å². The van der Waals surface area contributed by atoms with Gasteiger partial charge in [-0.15, -0.1) is 11.3 Å². The highest BCUT2D eigenvalue weighted by Gasteiger charge is 2.40. The number of nitrogens with zero attached hydrogens (tertiary/aromatic N) is 1. The summed E-state index contributed by atoms with van der Waals surface area (Å²) in [7, 11) is 0. The van der Waals surface area contributed by atoms with Crippen LogP contribution >= 0.6 is 22.9 Å². The van der Waals surface area contributed by atoms with Crippen molar-refractivity contribution in [3.8, 4) is 0 Å². The van der Waals surface area contributed by atoms with Crippen LogP contribution in [0.5, 0.6) is 0 Å². The van der Waals surface area contributed by atoms with Gasteiger partial charge in [0.25, 0.3) is 0 Å². The van der Waals surface area contributed by atoms with Crippen LogP contribution < -0.4 is 0 Å². The van der Waals surface area contributed by atoms with Crippen molar-refractivity contribution in [2.45, 2.75) is 31.5 Å². The van der Waals surface area contributed by atoms with Crippen LogP contribution in [0.25, 0.3) is 0 Å². The molecule has 0 spiro atoms. The summed E-state index contributed by atoms with van der Waals surface area (Å²) in [5.74, 6) is 0. The molecule has 16 heavy (non-hydrogen) atoms. The van der Waals surface area contributed by atoms with Crippen LogP contribution in [0.1, 0.15) is 18.2 Å². The van der Waals surface area contributed by atoms with Gasteiger partial charge in [-0.1, -0.05) is 11.6 Å². The van der Waals surface area contributed by atoms with Gasteiger partial charge in [0.1, 0.15) is 0 Å². The lowest BCUT2D eigenvalue weighted by molar-refractivity contribution is 0.0741. The van der Waals surface area contributed by atoms with E-state index >= 15 is 0 Å². The van der Waals surface area contributed by atoms with E-state index in [1.54, 1.807) is 11.3 Å². The van der Waals surface area contributed by atoms with Gasteiger partial charge in [0.05, 0.1) is 17.0 Å². The number of hydrogen-bond acceptors (Lipinski definition) is 4. The van der Waals surface area contributed by atoms with Crippen LogP contribution in [0.15, 0.2) is 12.1 Å². The monoisotopic (exact) mass is 261 g/mol. The molecule has 0 radical (unpaired) electrons. The third-order valence-electron chi connectivity index (χ3n) is 3.19. The maximum Gasteiger partial charge on any atom is 0.0931 e. The molecule has 1 aromatic heterocycles. The van der Waals surface area contributed by atoms with Crippen molar-refractivity contribution in [1.29, 1.82) is 0 Å². The van der Waals surface area contributed by atoms with Gasteiger partial charge in [-0.25, -0.2) is 0 Å². The van der Waals surface area contributed by atoms with Gasteiger partial charge in [-0.3, -0.25) is 4.90 Å². The molecule has 0 bridgehead atoms. The summed E-state index contributed by atoms with van der Waals surface area (Å²) in [6, 6.07) is 3.87. The number of β-amino-alcohol motifs (C(OH)–C–C–N with tert-alkyl or cyclic N) is 1. The van der Waals surface area contributed by atoms with Crippen LogP contribution in [0.3, 0.4) is 0 Å². The minimum Gasteiger partial charge on any atom is -0.394 e. The average molecular weight is 262 g/mol. The summed E-state index contributed by atoms with van der Waals surface area (Å²) in [5.41, 5.74) is -0.310. The summed E-state index contributed by atoms with van der Waals surface area (Å²) < 4.78 is 0.778. The molecule has 0 saturated carbocycles. The molecule has 2 N–H and O–H groups in total. The fourth-order valence-electron chi connectivity index (χ4n) is 2.22. The Hall–Kier alpha value is -0.130. The Morgan fingerprint density at radius 2 is 2.38 bits per heavy atom. The SMILES string of the molecule is CC1(CO)CC(O)CN1Cc1ccc(Cl)s1. The number of thiophene rings is 1. The third kappa shape index (κ3) is 2.41. The molecule has 1 aliphatic heterocycles. The normalized spacial score (nSPS) is 31.1. The first-order valence-corrected chi connectivity index (χ1v) is 6.51. The standard InChI is InChI=1S/C11H16ClNO2S/c1-11(7-14)4-8(15)5-13(11)6-9-2-3-10(12)16-9/h2-3,8,14-15H,4-7H2,1H3. The first kappa shape index (κ1) is 12.3. The fraction of sp³-hybridized carbons (Fsp3) is 0.636. The molecule has 3 nitrogen and oxygen atoms in total. The number of rotatable bonds is 3. The van der Waals surface area contributed by atoms with Crippen molar-refractivity contribution in [2.24, 2.45) is 0 Å². The molecule has 2 rings (SSSR count). The maximum atomic E-state index is 9.67. The molecule has 0 aromatic carbocycles. The highest BCUT2D eigenvalue weighted by Crippen LogP contribution is 2.32. The Labute approximate surface area is 104 Å². The zero-order valence-corrected chi connectivity index (χ0v) is 10.8. The number of aliphatic hydroxyl groups excluding tert-OH is 2. The first-order chi connectivity index (χ1) is 7.53. The van der Waals surface area contributed by atoms with E-state index in [0.29, 0.717) is 13.0 Å². The second-order valence-electron chi connectivity index (χ2n) is 4.60. The maximum absolute atomic E-state index is 9.67. The van der Waals surface area contributed by atoms with Gasteiger partial charge in [-0.2, -0.15) is 0 Å². The van der Waals surface area contributed by atoms with Crippen molar-refractivity contribution in [3.05, 3.63) is 21.3 Å². The molecule has 1 saturated heterocycles. The molecule has 2 unspecified atom stereocenters. The molecular weight excluding hydrogens is 246 g/mol. The summed E-state index contributed by atoms with van der Waals surface area (Å²) in [6.45, 7) is 3.42. The van der Waals surface area contributed by atoms with Gasteiger partial charge in [0.15, 0.2) is 0 Å². The van der Waals surface area contributed by atoms with Gasteiger partial charge in [0, 0.05) is 23.5 Å². The lowest BCUT2D eigenvalue weighted by atomic mass is 9.99. The van der Waals surface area contributed by atoms with Gasteiger partial charge in [-0.05, 0) is 25.5 Å². The lowest BCUT2D eigenvalue weighted by Gasteiger charge is -2.32. The molecule has 0 amide bonds. The summed E-state index contributed by atoms with van der Waals surface area (Å²) in [5, 5.41) is 19.1. The molecule has 90 valence electrons. The van der Waals surface area contributed by atoms with E-state index in [2.05, 4.69) is 4.90 Å². The van der Waals surface area contributed by atoms with Crippen LogP contribution in [-0.2, 0) is 6.54 Å². The molecule has 1 fully saturated rings. The Balaban J connectivity index is 2.09. The minimum atomic E-state index is -0.340. The highest BCUT2D eigenvalue weighted by atomic mass is 35.5. The van der Waals surface area contributed by atoms with E-state index in [1.165, 1.54) is 4.88 Å². The van der Waals surface area contributed by atoms with Crippen LogP contribution in [0.2, 0.25) is 4.34 Å². The molecule has 1 aromatic rings. The molecule has 1 aliphatic rings. The molecule has 5 heteroatoms. The molecule has 0 aliphatic carbocycles. The minimum absolute atomic E-state index is 0.0726. The smallest absolute Gasteiger partial charge is 0.0931 e. The molecule has 2 heterocycles. The second kappa shape index (κ2) is 4.63.